The molecule has 0 bridgehead atoms. The van der Waals surface area contributed by atoms with Crippen molar-refractivity contribution < 1.29 is 14.7 Å². The monoisotopic (exact) mass is 292 g/mol. The van der Waals surface area contributed by atoms with Crippen LogP contribution < -0.4 is 5.32 Å². The number of hydrogen-bond acceptors (Lipinski definition) is 3. The molecule has 3 rings (SSSR count). The van der Waals surface area contributed by atoms with Crippen LogP contribution in [0.4, 0.5) is 0 Å². The van der Waals surface area contributed by atoms with E-state index < -0.39 is 0 Å². The van der Waals surface area contributed by atoms with Crippen LogP contribution in [0.25, 0.3) is 0 Å². The van der Waals surface area contributed by atoms with Gasteiger partial charge in [0.2, 0.25) is 11.8 Å². The zero-order valence-corrected chi connectivity index (χ0v) is 12.3. The van der Waals surface area contributed by atoms with E-state index in [1.54, 1.807) is 0 Å². The number of amides is 2. The van der Waals surface area contributed by atoms with Crippen LogP contribution in [0.15, 0.2) is 12.2 Å². The number of likely N-dealkylation sites (tertiary alicyclic amines) is 1. The third kappa shape index (κ3) is 3.28. The Morgan fingerprint density at radius 2 is 1.86 bits per heavy atom. The molecule has 2 aliphatic carbocycles. The van der Waals surface area contributed by atoms with Crippen LogP contribution in [-0.2, 0) is 9.59 Å². The second-order valence-corrected chi connectivity index (χ2v) is 6.54. The number of piperidine rings is 1. The largest absolute Gasteiger partial charge is 0.396 e. The molecular formula is C16H24N2O3. The number of nitrogens with zero attached hydrogens (tertiary/aromatic N) is 1. The minimum Gasteiger partial charge on any atom is -0.396 e. The van der Waals surface area contributed by atoms with Gasteiger partial charge in [0.05, 0.1) is 6.04 Å². The molecule has 2 fully saturated rings. The van der Waals surface area contributed by atoms with Crippen LogP contribution >= 0.6 is 0 Å². The molecule has 2 amide bonds. The summed E-state index contributed by atoms with van der Waals surface area (Å²) in [4.78, 5) is 26.3. The van der Waals surface area contributed by atoms with Crippen LogP contribution in [0.3, 0.4) is 0 Å². The molecule has 21 heavy (non-hydrogen) atoms. The van der Waals surface area contributed by atoms with E-state index in [0.29, 0.717) is 13.1 Å². The molecule has 5 nitrogen and oxygen atoms in total. The SMILES string of the molecule is O=C(N[C@@H]1CN(C(=O)C2CC=CC2)CC[C@@H]1CO)C1CC1. The predicted octanol–water partition coefficient (Wildman–Crippen LogP) is 0.688. The number of rotatable bonds is 4. The number of aliphatic hydroxyl groups excluding tert-OH is 1. The Hall–Kier alpha value is -1.36. The number of carbonyl (C=O) groups excluding carboxylic acids is 2. The van der Waals surface area contributed by atoms with Gasteiger partial charge in [0.25, 0.3) is 0 Å². The summed E-state index contributed by atoms with van der Waals surface area (Å²) in [5.41, 5.74) is 0. The second-order valence-electron chi connectivity index (χ2n) is 6.54. The molecule has 0 aromatic carbocycles. The maximum atomic E-state index is 12.5. The summed E-state index contributed by atoms with van der Waals surface area (Å²) in [6, 6.07) is -0.102. The van der Waals surface area contributed by atoms with Crippen molar-refractivity contribution in [2.24, 2.45) is 17.8 Å². The van der Waals surface area contributed by atoms with Gasteiger partial charge in [0.15, 0.2) is 0 Å². The van der Waals surface area contributed by atoms with E-state index in [9.17, 15) is 14.7 Å². The van der Waals surface area contributed by atoms with Gasteiger partial charge in [-0.15, -0.1) is 0 Å². The van der Waals surface area contributed by atoms with E-state index in [4.69, 9.17) is 0 Å². The first-order valence-corrected chi connectivity index (χ1v) is 8.04. The molecule has 3 aliphatic rings. The third-order valence-corrected chi connectivity index (χ3v) is 4.94. The molecule has 1 saturated heterocycles. The molecule has 2 atom stereocenters. The Morgan fingerprint density at radius 1 is 1.14 bits per heavy atom. The molecular weight excluding hydrogens is 268 g/mol. The lowest BCUT2D eigenvalue weighted by Crippen LogP contribution is -2.56. The van der Waals surface area contributed by atoms with Crippen molar-refractivity contribution in [2.75, 3.05) is 19.7 Å². The summed E-state index contributed by atoms with van der Waals surface area (Å²) in [7, 11) is 0. The summed E-state index contributed by atoms with van der Waals surface area (Å²) in [5, 5.41) is 12.5. The van der Waals surface area contributed by atoms with Crippen molar-refractivity contribution in [2.45, 2.75) is 38.1 Å². The predicted molar refractivity (Wildman–Crippen MR) is 78.3 cm³/mol. The number of aliphatic hydroxyl groups is 1. The van der Waals surface area contributed by atoms with Gasteiger partial charge >= 0.3 is 0 Å². The second kappa shape index (κ2) is 6.18. The van der Waals surface area contributed by atoms with E-state index in [2.05, 4.69) is 17.5 Å². The molecule has 0 spiro atoms. The quantitative estimate of drug-likeness (QED) is 0.749. The lowest BCUT2D eigenvalue weighted by atomic mass is 9.91. The van der Waals surface area contributed by atoms with Gasteiger partial charge in [0, 0.05) is 37.5 Å². The highest BCUT2D eigenvalue weighted by molar-refractivity contribution is 5.82. The van der Waals surface area contributed by atoms with Crippen LogP contribution in [-0.4, -0.2) is 47.6 Å². The Bertz CT molecular complexity index is 437. The Labute approximate surface area is 125 Å². The molecule has 116 valence electrons. The van der Waals surface area contributed by atoms with E-state index in [1.165, 1.54) is 0 Å². The Morgan fingerprint density at radius 3 is 2.48 bits per heavy atom. The summed E-state index contributed by atoms with van der Waals surface area (Å²) in [5.74, 6) is 0.598. The minimum atomic E-state index is -0.102. The maximum Gasteiger partial charge on any atom is 0.226 e. The van der Waals surface area contributed by atoms with Gasteiger partial charge in [0.1, 0.15) is 0 Å². The average Bonchev–Trinajstić information content (AvgIpc) is 3.22. The zero-order chi connectivity index (χ0) is 14.8. The topological polar surface area (TPSA) is 69.6 Å². The highest BCUT2D eigenvalue weighted by Gasteiger charge is 2.37. The molecule has 1 heterocycles. The Balaban J connectivity index is 1.59. The molecule has 0 aromatic rings. The lowest BCUT2D eigenvalue weighted by molar-refractivity contribution is -0.138. The van der Waals surface area contributed by atoms with E-state index in [0.717, 1.165) is 32.1 Å². The number of hydrogen-bond donors (Lipinski definition) is 2. The van der Waals surface area contributed by atoms with Crippen LogP contribution in [0.5, 0.6) is 0 Å². The third-order valence-electron chi connectivity index (χ3n) is 4.94. The first-order valence-electron chi connectivity index (χ1n) is 8.04. The van der Waals surface area contributed by atoms with E-state index in [-0.39, 0.29) is 42.2 Å². The fourth-order valence-electron chi connectivity index (χ4n) is 3.31. The first kappa shape index (κ1) is 14.6. The molecule has 1 aliphatic heterocycles. The molecule has 2 N–H and O–H groups in total. The summed E-state index contributed by atoms with van der Waals surface area (Å²) in [6.07, 6.45) is 8.50. The van der Waals surface area contributed by atoms with Crippen LogP contribution in [0.1, 0.15) is 32.1 Å². The van der Waals surface area contributed by atoms with Crippen molar-refractivity contribution in [3.8, 4) is 0 Å². The number of allylic oxidation sites excluding steroid dienone is 2. The normalized spacial score (nSPS) is 29.7. The highest BCUT2D eigenvalue weighted by atomic mass is 16.3. The van der Waals surface area contributed by atoms with Gasteiger partial charge in [-0.1, -0.05) is 12.2 Å². The minimum absolute atomic E-state index is 0.0680. The van der Waals surface area contributed by atoms with Crippen molar-refractivity contribution in [1.82, 2.24) is 10.2 Å². The van der Waals surface area contributed by atoms with Gasteiger partial charge in [-0.25, -0.2) is 0 Å². The average molecular weight is 292 g/mol. The summed E-state index contributed by atoms with van der Waals surface area (Å²) in [6.45, 7) is 1.30. The fraction of sp³-hybridized carbons (Fsp3) is 0.750. The molecule has 0 unspecified atom stereocenters. The summed E-state index contributed by atoms with van der Waals surface area (Å²) < 4.78 is 0. The highest BCUT2D eigenvalue weighted by Crippen LogP contribution is 2.30. The van der Waals surface area contributed by atoms with Crippen LogP contribution in [0.2, 0.25) is 0 Å². The first-order chi connectivity index (χ1) is 10.2. The van der Waals surface area contributed by atoms with Crippen LogP contribution in [0, 0.1) is 17.8 Å². The van der Waals surface area contributed by atoms with E-state index in [1.807, 2.05) is 4.90 Å². The molecule has 0 radical (unpaired) electrons. The van der Waals surface area contributed by atoms with Crippen molar-refractivity contribution in [3.63, 3.8) is 0 Å². The van der Waals surface area contributed by atoms with Gasteiger partial charge < -0.3 is 15.3 Å². The van der Waals surface area contributed by atoms with Gasteiger partial charge in [-0.3, -0.25) is 9.59 Å². The van der Waals surface area contributed by atoms with Crippen molar-refractivity contribution in [1.29, 1.82) is 0 Å². The van der Waals surface area contributed by atoms with Crippen molar-refractivity contribution >= 4 is 11.8 Å². The van der Waals surface area contributed by atoms with E-state index >= 15 is 0 Å². The Kier molecular flexibility index (Phi) is 4.29. The standard InChI is InChI=1S/C16H24N2O3/c19-10-13-7-8-18(16(21)12-3-1-2-4-12)9-14(13)17-15(20)11-5-6-11/h1-2,11-14,19H,3-10H2,(H,17,20)/t13-,14-/m1/s1. The maximum absolute atomic E-state index is 12.5. The number of carbonyl (C=O) groups is 2. The molecule has 5 heteroatoms. The summed E-state index contributed by atoms with van der Waals surface area (Å²) >= 11 is 0. The van der Waals surface area contributed by atoms with Gasteiger partial charge in [-0.05, 0) is 32.1 Å². The lowest BCUT2D eigenvalue weighted by Gasteiger charge is -2.39. The fourth-order valence-corrected chi connectivity index (χ4v) is 3.31. The smallest absolute Gasteiger partial charge is 0.226 e. The number of nitrogens with one attached hydrogen (secondary N) is 1. The van der Waals surface area contributed by atoms with Crippen molar-refractivity contribution in [3.05, 3.63) is 12.2 Å². The van der Waals surface area contributed by atoms with Gasteiger partial charge in [-0.2, -0.15) is 0 Å². The molecule has 0 aromatic heterocycles. The molecule has 1 saturated carbocycles. The zero-order valence-electron chi connectivity index (χ0n) is 12.3.